The number of aliphatic carboxylic acids is 1. The van der Waals surface area contributed by atoms with Gasteiger partial charge in [-0.2, -0.15) is 5.26 Å². The molecule has 1 unspecified atom stereocenters. The molecule has 39 heavy (non-hydrogen) atoms. The summed E-state index contributed by atoms with van der Waals surface area (Å²) in [5.74, 6) is -1.61. The summed E-state index contributed by atoms with van der Waals surface area (Å²) in [5, 5.41) is 25.0. The number of carboxylic acid groups (broad SMARTS) is 1. The van der Waals surface area contributed by atoms with Crippen LogP contribution in [0.4, 0.5) is 4.39 Å². The van der Waals surface area contributed by atoms with Gasteiger partial charge in [-0.25, -0.2) is 4.39 Å². The summed E-state index contributed by atoms with van der Waals surface area (Å²) in [5.41, 5.74) is -0.401. The normalized spacial score (nSPS) is 29.2. The summed E-state index contributed by atoms with van der Waals surface area (Å²) < 4.78 is 24.6. The van der Waals surface area contributed by atoms with E-state index in [2.05, 4.69) is 23.3 Å². The van der Waals surface area contributed by atoms with Crippen LogP contribution in [0.25, 0.3) is 0 Å². The van der Waals surface area contributed by atoms with E-state index in [-0.39, 0.29) is 65.5 Å². The number of benzene rings is 1. The summed E-state index contributed by atoms with van der Waals surface area (Å²) in [6.07, 6.45) is 4.35. The third kappa shape index (κ3) is 6.02. The third-order valence-electron chi connectivity index (χ3n) is 8.73. The van der Waals surface area contributed by atoms with E-state index in [0.717, 1.165) is 19.3 Å². The number of nitriles is 1. The Morgan fingerprint density at radius 1 is 1.18 bits per heavy atom. The fraction of sp³-hybridized carbons (Fsp3) is 0.586. The van der Waals surface area contributed by atoms with E-state index in [4.69, 9.17) is 9.47 Å². The second kappa shape index (κ2) is 11.6. The number of hydrogen-bond donors (Lipinski definition) is 3. The predicted octanol–water partition coefficient (Wildman–Crippen LogP) is 4.11. The molecular weight excluding hydrogens is 505 g/mol. The van der Waals surface area contributed by atoms with E-state index >= 15 is 0 Å². The minimum absolute atomic E-state index is 0.0470. The van der Waals surface area contributed by atoms with Gasteiger partial charge in [0.05, 0.1) is 41.5 Å². The van der Waals surface area contributed by atoms with Gasteiger partial charge in [0.15, 0.2) is 0 Å². The zero-order valence-corrected chi connectivity index (χ0v) is 22.4. The first-order chi connectivity index (χ1) is 18.6. The molecule has 4 rings (SSSR count). The van der Waals surface area contributed by atoms with Crippen LogP contribution in [-0.4, -0.2) is 48.7 Å². The van der Waals surface area contributed by atoms with Crippen molar-refractivity contribution in [1.29, 1.82) is 5.26 Å². The molecule has 0 aliphatic heterocycles. The lowest BCUT2D eigenvalue weighted by Crippen LogP contribution is -2.50. The van der Waals surface area contributed by atoms with E-state index < -0.39 is 29.0 Å². The number of nitrogens with one attached hydrogen (secondary N) is 2. The Kier molecular flexibility index (Phi) is 8.48. The average molecular weight is 542 g/mol. The van der Waals surface area contributed by atoms with Gasteiger partial charge in [0.2, 0.25) is 5.91 Å². The van der Waals surface area contributed by atoms with Gasteiger partial charge in [-0.3, -0.25) is 14.4 Å². The molecule has 0 heterocycles. The highest BCUT2D eigenvalue weighted by Gasteiger charge is 2.51. The number of carbonyl (C=O) groups is 3. The lowest BCUT2D eigenvalue weighted by Gasteiger charge is -2.34. The summed E-state index contributed by atoms with van der Waals surface area (Å²) in [6, 6.07) is 4.67. The molecule has 10 heteroatoms. The molecular formula is C29H36FN3O6. The molecule has 2 bridgehead atoms. The van der Waals surface area contributed by atoms with Gasteiger partial charge in [0, 0.05) is 25.1 Å². The van der Waals surface area contributed by atoms with Crippen LogP contribution in [0.3, 0.4) is 0 Å². The van der Waals surface area contributed by atoms with Crippen molar-refractivity contribution in [2.45, 2.75) is 70.4 Å². The van der Waals surface area contributed by atoms with Crippen LogP contribution in [0, 0.1) is 34.5 Å². The molecule has 1 aromatic rings. The molecule has 3 fully saturated rings. The Morgan fingerprint density at radius 3 is 2.49 bits per heavy atom. The average Bonchev–Trinajstić information content (AvgIpc) is 3.51. The number of ether oxygens (including phenoxy) is 2. The lowest BCUT2D eigenvalue weighted by molar-refractivity contribution is -0.150. The van der Waals surface area contributed by atoms with Crippen LogP contribution in [0.1, 0.15) is 74.2 Å². The Labute approximate surface area is 227 Å². The van der Waals surface area contributed by atoms with E-state index in [1.165, 1.54) is 19.2 Å². The van der Waals surface area contributed by atoms with Crippen LogP contribution >= 0.6 is 0 Å². The molecule has 0 spiro atoms. The smallest absolute Gasteiger partial charge is 0.309 e. The number of methoxy groups -OCH3 is 1. The topological polar surface area (TPSA) is 138 Å². The first-order valence-corrected chi connectivity index (χ1v) is 13.5. The van der Waals surface area contributed by atoms with Crippen molar-refractivity contribution in [3.63, 3.8) is 0 Å². The summed E-state index contributed by atoms with van der Waals surface area (Å²) in [6.45, 7) is 5.10. The SMILES string of the molecule is C=C(F)CCNC(=O)[C@@H]1C(NC(=O)c2cc(OC3CCC(C)(C(=O)O)CC3)c(C#N)cc2OC)[C@@H]2CC[C@H]1C2. The highest BCUT2D eigenvalue weighted by molar-refractivity contribution is 5.98. The predicted molar refractivity (Wildman–Crippen MR) is 140 cm³/mol. The van der Waals surface area contributed by atoms with Crippen LogP contribution in [0.15, 0.2) is 24.5 Å². The Morgan fingerprint density at radius 2 is 1.87 bits per heavy atom. The molecule has 1 aromatic carbocycles. The zero-order valence-electron chi connectivity index (χ0n) is 22.4. The monoisotopic (exact) mass is 541 g/mol. The number of rotatable bonds is 10. The maximum Gasteiger partial charge on any atom is 0.309 e. The fourth-order valence-corrected chi connectivity index (χ4v) is 6.38. The van der Waals surface area contributed by atoms with Crippen molar-refractivity contribution in [1.82, 2.24) is 10.6 Å². The van der Waals surface area contributed by atoms with E-state index in [1.807, 2.05) is 0 Å². The number of halogens is 1. The standard InChI is InChI=1S/C29H36FN3O6/c1-16(30)8-11-32-27(35)24-17-4-5-18(12-17)25(24)33-26(34)21-14-22(19(15-31)13-23(21)38-3)39-20-6-9-29(2,10-7-20)28(36)37/h13-14,17-18,20,24-25H,1,4-12H2,2-3H3,(H,32,35)(H,33,34)(H,36,37)/t17-,18+,20?,24-,25?,29?/m0/s1. The van der Waals surface area contributed by atoms with Crippen LogP contribution in [-0.2, 0) is 9.59 Å². The summed E-state index contributed by atoms with van der Waals surface area (Å²) >= 11 is 0. The molecule has 0 saturated heterocycles. The molecule has 4 atom stereocenters. The quantitative estimate of drug-likeness (QED) is 0.405. The molecule has 210 valence electrons. The molecule has 2 amide bonds. The van der Waals surface area contributed by atoms with E-state index in [9.17, 15) is 29.1 Å². The minimum atomic E-state index is -0.831. The largest absolute Gasteiger partial charge is 0.496 e. The van der Waals surface area contributed by atoms with Crippen molar-refractivity contribution < 1.29 is 33.4 Å². The number of carbonyl (C=O) groups excluding carboxylic acids is 2. The first kappa shape index (κ1) is 28.4. The van der Waals surface area contributed by atoms with Gasteiger partial charge < -0.3 is 25.2 Å². The van der Waals surface area contributed by atoms with Gasteiger partial charge >= 0.3 is 5.97 Å². The van der Waals surface area contributed by atoms with Crippen molar-refractivity contribution in [3.8, 4) is 17.6 Å². The second-order valence-electron chi connectivity index (χ2n) is 11.3. The molecule has 3 N–H and O–H groups in total. The van der Waals surface area contributed by atoms with Crippen molar-refractivity contribution in [3.05, 3.63) is 35.7 Å². The highest BCUT2D eigenvalue weighted by atomic mass is 19.1. The number of nitrogens with zero attached hydrogens (tertiary/aromatic N) is 1. The van der Waals surface area contributed by atoms with Crippen molar-refractivity contribution >= 4 is 17.8 Å². The van der Waals surface area contributed by atoms with E-state index in [0.29, 0.717) is 25.7 Å². The third-order valence-corrected chi connectivity index (χ3v) is 8.73. The zero-order chi connectivity index (χ0) is 28.3. The summed E-state index contributed by atoms with van der Waals surface area (Å²) in [4.78, 5) is 38.1. The maximum absolute atomic E-state index is 13.5. The minimum Gasteiger partial charge on any atom is -0.496 e. The Bertz CT molecular complexity index is 1190. The fourth-order valence-electron chi connectivity index (χ4n) is 6.38. The highest BCUT2D eigenvalue weighted by Crippen LogP contribution is 2.49. The van der Waals surface area contributed by atoms with Crippen molar-refractivity contribution in [2.75, 3.05) is 13.7 Å². The Balaban J connectivity index is 1.51. The van der Waals surface area contributed by atoms with E-state index in [1.54, 1.807) is 6.92 Å². The lowest BCUT2D eigenvalue weighted by atomic mass is 9.75. The molecule has 3 aliphatic rings. The molecule has 3 saturated carbocycles. The molecule has 3 aliphatic carbocycles. The van der Waals surface area contributed by atoms with Crippen LogP contribution in [0.5, 0.6) is 11.5 Å². The van der Waals surface area contributed by atoms with Crippen LogP contribution < -0.4 is 20.1 Å². The molecule has 0 aromatic heterocycles. The van der Waals surface area contributed by atoms with Gasteiger partial charge in [0.1, 0.15) is 17.6 Å². The molecule has 0 radical (unpaired) electrons. The Hall–Kier alpha value is -3.61. The van der Waals surface area contributed by atoms with Gasteiger partial charge in [-0.1, -0.05) is 6.58 Å². The molecule has 9 nitrogen and oxygen atoms in total. The number of fused-ring (bicyclic) bond motifs is 2. The number of hydrogen-bond acceptors (Lipinski definition) is 6. The number of amides is 2. The van der Waals surface area contributed by atoms with Gasteiger partial charge in [-0.15, -0.1) is 0 Å². The first-order valence-electron chi connectivity index (χ1n) is 13.5. The summed E-state index contributed by atoms with van der Waals surface area (Å²) in [7, 11) is 1.41. The maximum atomic E-state index is 13.5. The van der Waals surface area contributed by atoms with Gasteiger partial charge in [-0.05, 0) is 69.8 Å². The number of carboxylic acids is 1. The van der Waals surface area contributed by atoms with Crippen molar-refractivity contribution in [2.24, 2.45) is 23.2 Å². The van der Waals surface area contributed by atoms with Crippen LogP contribution in [0.2, 0.25) is 0 Å². The second-order valence-corrected chi connectivity index (χ2v) is 11.3. The van der Waals surface area contributed by atoms with Gasteiger partial charge in [0.25, 0.3) is 5.91 Å².